The van der Waals surface area contributed by atoms with Gasteiger partial charge < -0.3 is 5.32 Å². The van der Waals surface area contributed by atoms with Gasteiger partial charge in [-0.3, -0.25) is 0 Å². The van der Waals surface area contributed by atoms with E-state index in [1.54, 1.807) is 11.3 Å². The normalized spacial score (nSPS) is 34.3. The highest BCUT2D eigenvalue weighted by Gasteiger charge is 2.35. The molecule has 0 amide bonds. The van der Waals surface area contributed by atoms with Crippen LogP contribution in [0.3, 0.4) is 0 Å². The van der Waals surface area contributed by atoms with Crippen molar-refractivity contribution in [1.29, 1.82) is 0 Å². The van der Waals surface area contributed by atoms with Gasteiger partial charge in [-0.2, -0.15) is 0 Å². The molecule has 3 aliphatic rings. The quantitative estimate of drug-likeness (QED) is 0.892. The number of nitrogens with zero attached hydrogens (tertiary/aromatic N) is 1. The standard InChI is InChI=1S/C11H15BrN2S/c12-10-6-15-11(14-10)13-9-5-7-1-3-8(9)4-2-7/h6-9H,1-5H2,(H,13,14). The Kier molecular flexibility index (Phi) is 2.73. The maximum atomic E-state index is 4.41. The zero-order chi connectivity index (χ0) is 10.3. The zero-order valence-corrected chi connectivity index (χ0v) is 11.0. The summed E-state index contributed by atoms with van der Waals surface area (Å²) in [5.41, 5.74) is 0. The third-order valence-corrected chi connectivity index (χ3v) is 5.32. The molecule has 3 fully saturated rings. The van der Waals surface area contributed by atoms with Gasteiger partial charge in [-0.1, -0.05) is 12.8 Å². The number of anilines is 1. The lowest BCUT2D eigenvalue weighted by atomic mass is 9.68. The van der Waals surface area contributed by atoms with Crippen LogP contribution in [0.4, 0.5) is 5.13 Å². The lowest BCUT2D eigenvalue weighted by Gasteiger charge is -2.42. The Bertz CT molecular complexity index is 344. The molecular formula is C11H15BrN2S. The van der Waals surface area contributed by atoms with Gasteiger partial charge in [0.15, 0.2) is 5.13 Å². The van der Waals surface area contributed by atoms with Crippen LogP contribution >= 0.6 is 27.3 Å². The van der Waals surface area contributed by atoms with Gasteiger partial charge in [0.05, 0.1) is 0 Å². The summed E-state index contributed by atoms with van der Waals surface area (Å²) in [5, 5.41) is 6.74. The molecule has 1 N–H and O–H groups in total. The Morgan fingerprint density at radius 1 is 1.33 bits per heavy atom. The van der Waals surface area contributed by atoms with Crippen LogP contribution in [0, 0.1) is 11.8 Å². The second-order valence-corrected chi connectivity index (χ2v) is 6.41. The van der Waals surface area contributed by atoms with Gasteiger partial charge in [-0.05, 0) is 47.0 Å². The third-order valence-electron chi connectivity index (χ3n) is 3.83. The Labute approximate surface area is 103 Å². The SMILES string of the molecule is Brc1csc(NC2CC3CCC2CC3)n1. The van der Waals surface area contributed by atoms with Gasteiger partial charge in [0.2, 0.25) is 0 Å². The predicted molar refractivity (Wildman–Crippen MR) is 67.3 cm³/mol. The van der Waals surface area contributed by atoms with Crippen molar-refractivity contribution < 1.29 is 0 Å². The lowest BCUT2D eigenvalue weighted by Crippen LogP contribution is -2.40. The van der Waals surface area contributed by atoms with E-state index >= 15 is 0 Å². The van der Waals surface area contributed by atoms with Crippen molar-refractivity contribution >= 4 is 32.4 Å². The second-order valence-electron chi connectivity index (χ2n) is 4.74. The van der Waals surface area contributed by atoms with Crippen molar-refractivity contribution in [2.75, 3.05) is 5.32 Å². The third kappa shape index (κ3) is 2.07. The molecule has 15 heavy (non-hydrogen) atoms. The topological polar surface area (TPSA) is 24.9 Å². The first-order chi connectivity index (χ1) is 7.31. The molecule has 1 aromatic rings. The van der Waals surface area contributed by atoms with Crippen LogP contribution in [-0.4, -0.2) is 11.0 Å². The minimum Gasteiger partial charge on any atom is -0.358 e. The first-order valence-electron chi connectivity index (χ1n) is 5.69. The van der Waals surface area contributed by atoms with E-state index in [0.717, 1.165) is 21.6 Å². The highest BCUT2D eigenvalue weighted by molar-refractivity contribution is 9.10. The molecule has 4 heteroatoms. The molecule has 0 saturated heterocycles. The van der Waals surface area contributed by atoms with Crippen LogP contribution in [0.5, 0.6) is 0 Å². The summed E-state index contributed by atoms with van der Waals surface area (Å²) >= 11 is 5.10. The maximum Gasteiger partial charge on any atom is 0.183 e. The van der Waals surface area contributed by atoms with Gasteiger partial charge in [0.1, 0.15) is 4.60 Å². The number of thiazole rings is 1. The fraction of sp³-hybridized carbons (Fsp3) is 0.727. The van der Waals surface area contributed by atoms with Crippen LogP contribution in [0.1, 0.15) is 32.1 Å². The summed E-state index contributed by atoms with van der Waals surface area (Å²) in [4.78, 5) is 4.41. The van der Waals surface area contributed by atoms with E-state index in [4.69, 9.17) is 0 Å². The number of fused-ring (bicyclic) bond motifs is 3. The Balaban J connectivity index is 1.68. The summed E-state index contributed by atoms with van der Waals surface area (Å²) in [5.74, 6) is 1.88. The Morgan fingerprint density at radius 3 is 2.67 bits per heavy atom. The van der Waals surface area contributed by atoms with Crippen molar-refractivity contribution in [3.63, 3.8) is 0 Å². The fourth-order valence-corrected chi connectivity index (χ4v) is 4.24. The van der Waals surface area contributed by atoms with E-state index in [0.29, 0.717) is 6.04 Å². The summed E-state index contributed by atoms with van der Waals surface area (Å²) in [6, 6.07) is 0.690. The van der Waals surface area contributed by atoms with E-state index in [-0.39, 0.29) is 0 Å². The Hall–Kier alpha value is -0.0900. The van der Waals surface area contributed by atoms with Crippen molar-refractivity contribution in [3.8, 4) is 0 Å². The smallest absolute Gasteiger partial charge is 0.183 e. The molecule has 4 rings (SSSR count). The second kappa shape index (κ2) is 4.06. The van der Waals surface area contributed by atoms with Crippen molar-refractivity contribution in [2.24, 2.45) is 11.8 Å². The van der Waals surface area contributed by atoms with Crippen molar-refractivity contribution in [3.05, 3.63) is 9.98 Å². The average Bonchev–Trinajstić information content (AvgIpc) is 2.66. The van der Waals surface area contributed by atoms with Crippen LogP contribution in [0.25, 0.3) is 0 Å². The number of rotatable bonds is 2. The summed E-state index contributed by atoms with van der Waals surface area (Å²) in [6.45, 7) is 0. The molecule has 2 nitrogen and oxygen atoms in total. The molecule has 3 aliphatic carbocycles. The van der Waals surface area contributed by atoms with E-state index < -0.39 is 0 Å². The number of hydrogen-bond donors (Lipinski definition) is 1. The fourth-order valence-electron chi connectivity index (χ4n) is 3.03. The van der Waals surface area contributed by atoms with Crippen LogP contribution in [0.2, 0.25) is 0 Å². The molecule has 82 valence electrons. The van der Waals surface area contributed by atoms with Crippen molar-refractivity contribution in [1.82, 2.24) is 4.98 Å². The molecule has 1 aromatic heterocycles. The first-order valence-corrected chi connectivity index (χ1v) is 7.36. The van der Waals surface area contributed by atoms with Crippen LogP contribution < -0.4 is 5.32 Å². The average molecular weight is 287 g/mol. The molecule has 1 heterocycles. The number of hydrogen-bond acceptors (Lipinski definition) is 3. The summed E-state index contributed by atoms with van der Waals surface area (Å²) in [7, 11) is 0. The van der Waals surface area contributed by atoms with E-state index in [9.17, 15) is 0 Å². The van der Waals surface area contributed by atoms with E-state index in [1.807, 2.05) is 5.38 Å². The molecule has 0 spiro atoms. The highest BCUT2D eigenvalue weighted by Crippen LogP contribution is 2.42. The number of nitrogens with one attached hydrogen (secondary N) is 1. The number of aromatic nitrogens is 1. The minimum atomic E-state index is 0.690. The van der Waals surface area contributed by atoms with Crippen LogP contribution in [0.15, 0.2) is 9.98 Å². The molecule has 0 aliphatic heterocycles. The van der Waals surface area contributed by atoms with E-state index in [1.165, 1.54) is 32.1 Å². The molecule has 1 atom stereocenters. The van der Waals surface area contributed by atoms with Crippen LogP contribution in [-0.2, 0) is 0 Å². The highest BCUT2D eigenvalue weighted by atomic mass is 79.9. The van der Waals surface area contributed by atoms with Gasteiger partial charge >= 0.3 is 0 Å². The Morgan fingerprint density at radius 2 is 2.13 bits per heavy atom. The molecule has 2 bridgehead atoms. The van der Waals surface area contributed by atoms with Gasteiger partial charge in [0.25, 0.3) is 0 Å². The number of halogens is 1. The molecular weight excluding hydrogens is 272 g/mol. The van der Waals surface area contributed by atoms with Gasteiger partial charge in [-0.15, -0.1) is 11.3 Å². The molecule has 0 aromatic carbocycles. The summed E-state index contributed by atoms with van der Waals surface area (Å²) < 4.78 is 0.955. The van der Waals surface area contributed by atoms with Gasteiger partial charge in [-0.25, -0.2) is 4.98 Å². The molecule has 3 saturated carbocycles. The molecule has 1 unspecified atom stereocenters. The zero-order valence-electron chi connectivity index (χ0n) is 8.58. The minimum absolute atomic E-state index is 0.690. The summed E-state index contributed by atoms with van der Waals surface area (Å²) in [6.07, 6.45) is 7.14. The van der Waals surface area contributed by atoms with Gasteiger partial charge in [0, 0.05) is 11.4 Å². The van der Waals surface area contributed by atoms with E-state index in [2.05, 4.69) is 26.2 Å². The lowest BCUT2D eigenvalue weighted by molar-refractivity contribution is 0.157. The monoisotopic (exact) mass is 286 g/mol. The van der Waals surface area contributed by atoms with Crippen molar-refractivity contribution in [2.45, 2.75) is 38.1 Å². The largest absolute Gasteiger partial charge is 0.358 e. The first kappa shape index (κ1) is 10.1. The molecule has 0 radical (unpaired) electrons. The maximum absolute atomic E-state index is 4.41. The predicted octanol–water partition coefficient (Wildman–Crippen LogP) is 3.90.